The van der Waals surface area contributed by atoms with Crippen LogP contribution in [0.4, 0.5) is 10.7 Å². The average Bonchev–Trinajstić information content (AvgIpc) is 2.63. The second-order valence-corrected chi connectivity index (χ2v) is 4.93. The molecule has 0 atom stereocenters. The number of hydrogen-bond donors (Lipinski definition) is 2. The van der Waals surface area contributed by atoms with E-state index < -0.39 is 0 Å². The van der Waals surface area contributed by atoms with Gasteiger partial charge in [-0.05, 0) is 25.0 Å². The smallest absolute Gasteiger partial charge is 0.324 e. The Labute approximate surface area is 112 Å². The molecule has 1 aromatic heterocycles. The second kappa shape index (κ2) is 5.30. The number of carbonyl (C=O) groups is 1. The minimum atomic E-state index is -0.0547. The monoisotopic (exact) mass is 258 g/mol. The van der Waals surface area contributed by atoms with Gasteiger partial charge in [-0.15, -0.1) is 0 Å². The first-order valence-corrected chi connectivity index (χ1v) is 6.83. The van der Waals surface area contributed by atoms with Crippen molar-refractivity contribution in [3.63, 3.8) is 0 Å². The highest BCUT2D eigenvalue weighted by Gasteiger charge is 2.16. The van der Waals surface area contributed by atoms with E-state index in [-0.39, 0.29) is 6.03 Å². The molecule has 2 N–H and O–H groups in total. The van der Waals surface area contributed by atoms with Gasteiger partial charge in [0.25, 0.3) is 0 Å². The van der Waals surface area contributed by atoms with E-state index in [0.29, 0.717) is 5.95 Å². The molecule has 2 heterocycles. The Morgan fingerprint density at radius 2 is 1.89 bits per heavy atom. The first-order chi connectivity index (χ1) is 9.33. The number of likely N-dealkylation sites (tertiary alicyclic amines) is 1. The van der Waals surface area contributed by atoms with Gasteiger partial charge in [-0.2, -0.15) is 0 Å². The molecular formula is C14H18N4O. The lowest BCUT2D eigenvalue weighted by molar-refractivity contribution is 0.213. The van der Waals surface area contributed by atoms with Crippen molar-refractivity contribution in [3.05, 3.63) is 24.3 Å². The molecule has 5 nitrogen and oxygen atoms in total. The van der Waals surface area contributed by atoms with Gasteiger partial charge in [0.1, 0.15) is 0 Å². The lowest BCUT2D eigenvalue weighted by atomic mass is 10.2. The zero-order chi connectivity index (χ0) is 13.1. The molecule has 1 aromatic carbocycles. The molecule has 19 heavy (non-hydrogen) atoms. The molecule has 2 aromatic rings. The third-order valence-electron chi connectivity index (χ3n) is 3.51. The van der Waals surface area contributed by atoms with Crippen molar-refractivity contribution in [1.29, 1.82) is 0 Å². The second-order valence-electron chi connectivity index (χ2n) is 4.93. The van der Waals surface area contributed by atoms with Gasteiger partial charge in [0, 0.05) is 13.1 Å². The Morgan fingerprint density at radius 3 is 2.63 bits per heavy atom. The molecule has 0 radical (unpaired) electrons. The van der Waals surface area contributed by atoms with Gasteiger partial charge in [-0.1, -0.05) is 25.0 Å². The number of benzene rings is 1. The number of H-pyrrole nitrogens is 1. The summed E-state index contributed by atoms with van der Waals surface area (Å²) in [5.41, 5.74) is 1.81. The van der Waals surface area contributed by atoms with Crippen LogP contribution >= 0.6 is 0 Å². The van der Waals surface area contributed by atoms with Crippen LogP contribution in [0.25, 0.3) is 11.0 Å². The highest BCUT2D eigenvalue weighted by molar-refractivity contribution is 5.89. The summed E-state index contributed by atoms with van der Waals surface area (Å²) in [6, 6.07) is 7.70. The Hall–Kier alpha value is -2.04. The van der Waals surface area contributed by atoms with Crippen molar-refractivity contribution in [2.75, 3.05) is 18.4 Å². The Morgan fingerprint density at radius 1 is 1.16 bits per heavy atom. The van der Waals surface area contributed by atoms with Gasteiger partial charge in [-0.25, -0.2) is 9.78 Å². The van der Waals surface area contributed by atoms with E-state index in [2.05, 4.69) is 15.3 Å². The predicted octanol–water partition coefficient (Wildman–Crippen LogP) is 2.97. The van der Waals surface area contributed by atoms with Gasteiger partial charge in [0.05, 0.1) is 11.0 Å². The molecule has 2 amide bonds. The fourth-order valence-corrected chi connectivity index (χ4v) is 2.47. The van der Waals surface area contributed by atoms with Gasteiger partial charge in [-0.3, -0.25) is 5.32 Å². The molecule has 1 fully saturated rings. The highest BCUT2D eigenvalue weighted by Crippen LogP contribution is 2.15. The number of rotatable bonds is 1. The van der Waals surface area contributed by atoms with Crippen LogP contribution in [0, 0.1) is 0 Å². The van der Waals surface area contributed by atoms with E-state index in [1.807, 2.05) is 29.2 Å². The molecule has 0 unspecified atom stereocenters. The summed E-state index contributed by atoms with van der Waals surface area (Å²) in [6.07, 6.45) is 4.62. The topological polar surface area (TPSA) is 61.0 Å². The van der Waals surface area contributed by atoms with E-state index in [1.165, 1.54) is 12.8 Å². The summed E-state index contributed by atoms with van der Waals surface area (Å²) in [6.45, 7) is 1.68. The third kappa shape index (κ3) is 2.70. The van der Waals surface area contributed by atoms with Crippen molar-refractivity contribution < 1.29 is 4.79 Å². The molecule has 1 aliphatic heterocycles. The maximum absolute atomic E-state index is 12.2. The number of para-hydroxylation sites is 2. The SMILES string of the molecule is O=C(Nc1nc2ccccc2[nH]1)N1CCCCCC1. The Balaban J connectivity index is 1.71. The third-order valence-corrected chi connectivity index (χ3v) is 3.51. The molecule has 100 valence electrons. The number of urea groups is 1. The van der Waals surface area contributed by atoms with E-state index >= 15 is 0 Å². The van der Waals surface area contributed by atoms with Crippen molar-refractivity contribution in [2.45, 2.75) is 25.7 Å². The van der Waals surface area contributed by atoms with Crippen molar-refractivity contribution in [2.24, 2.45) is 0 Å². The summed E-state index contributed by atoms with van der Waals surface area (Å²) in [4.78, 5) is 21.5. The lowest BCUT2D eigenvalue weighted by Gasteiger charge is -2.19. The van der Waals surface area contributed by atoms with Crippen LogP contribution in [-0.4, -0.2) is 34.0 Å². The van der Waals surface area contributed by atoms with E-state index in [0.717, 1.165) is 37.0 Å². The zero-order valence-corrected chi connectivity index (χ0v) is 10.9. The molecule has 1 aliphatic rings. The normalized spacial score (nSPS) is 16.3. The van der Waals surface area contributed by atoms with Crippen LogP contribution in [0.5, 0.6) is 0 Å². The molecule has 0 aliphatic carbocycles. The predicted molar refractivity (Wildman–Crippen MR) is 75.2 cm³/mol. The fraction of sp³-hybridized carbons (Fsp3) is 0.429. The zero-order valence-electron chi connectivity index (χ0n) is 10.9. The molecular weight excluding hydrogens is 240 g/mol. The minimum absolute atomic E-state index is 0.0547. The van der Waals surface area contributed by atoms with Crippen LogP contribution in [-0.2, 0) is 0 Å². The maximum Gasteiger partial charge on any atom is 0.324 e. The van der Waals surface area contributed by atoms with Crippen molar-refractivity contribution >= 4 is 23.0 Å². The Bertz CT molecular complexity index is 537. The number of fused-ring (bicyclic) bond motifs is 1. The first-order valence-electron chi connectivity index (χ1n) is 6.83. The molecule has 1 saturated heterocycles. The molecule has 5 heteroatoms. The van der Waals surface area contributed by atoms with Crippen molar-refractivity contribution in [3.8, 4) is 0 Å². The van der Waals surface area contributed by atoms with Crippen molar-refractivity contribution in [1.82, 2.24) is 14.9 Å². The number of hydrogen-bond acceptors (Lipinski definition) is 2. The average molecular weight is 258 g/mol. The summed E-state index contributed by atoms with van der Waals surface area (Å²) in [7, 11) is 0. The lowest BCUT2D eigenvalue weighted by Crippen LogP contribution is -2.35. The number of aromatic amines is 1. The first kappa shape index (κ1) is 12.0. The molecule has 0 bridgehead atoms. The summed E-state index contributed by atoms with van der Waals surface area (Å²) < 4.78 is 0. The number of amides is 2. The highest BCUT2D eigenvalue weighted by atomic mass is 16.2. The fourth-order valence-electron chi connectivity index (χ4n) is 2.47. The van der Waals surface area contributed by atoms with Gasteiger partial charge >= 0.3 is 6.03 Å². The maximum atomic E-state index is 12.2. The van der Waals surface area contributed by atoms with Gasteiger partial charge < -0.3 is 9.88 Å². The molecule has 3 rings (SSSR count). The number of aromatic nitrogens is 2. The standard InChI is InChI=1S/C14H18N4O/c19-14(18-9-5-1-2-6-10-18)17-13-15-11-7-3-4-8-12(11)16-13/h3-4,7-8H,1-2,5-6,9-10H2,(H2,15,16,17,19). The van der Waals surface area contributed by atoms with Gasteiger partial charge in [0.2, 0.25) is 5.95 Å². The minimum Gasteiger partial charge on any atom is -0.324 e. The van der Waals surface area contributed by atoms with E-state index in [9.17, 15) is 4.79 Å². The summed E-state index contributed by atoms with van der Waals surface area (Å²) in [5, 5.41) is 2.85. The Kier molecular flexibility index (Phi) is 3.35. The molecule has 0 spiro atoms. The summed E-state index contributed by atoms with van der Waals surface area (Å²) in [5.74, 6) is 0.524. The van der Waals surface area contributed by atoms with Crippen LogP contribution in [0.15, 0.2) is 24.3 Å². The largest absolute Gasteiger partial charge is 0.324 e. The van der Waals surface area contributed by atoms with E-state index in [1.54, 1.807) is 0 Å². The number of anilines is 1. The van der Waals surface area contributed by atoms with Crippen LogP contribution < -0.4 is 5.32 Å². The number of carbonyl (C=O) groups excluding carboxylic acids is 1. The van der Waals surface area contributed by atoms with Crippen LogP contribution in [0.3, 0.4) is 0 Å². The number of nitrogens with zero attached hydrogens (tertiary/aromatic N) is 2. The quantitative estimate of drug-likeness (QED) is 0.826. The van der Waals surface area contributed by atoms with Crippen LogP contribution in [0.1, 0.15) is 25.7 Å². The van der Waals surface area contributed by atoms with E-state index in [4.69, 9.17) is 0 Å². The number of nitrogens with one attached hydrogen (secondary N) is 2. The van der Waals surface area contributed by atoms with Gasteiger partial charge in [0.15, 0.2) is 0 Å². The molecule has 0 saturated carbocycles. The number of imidazole rings is 1. The van der Waals surface area contributed by atoms with Crippen LogP contribution in [0.2, 0.25) is 0 Å². The summed E-state index contributed by atoms with van der Waals surface area (Å²) >= 11 is 0.